The van der Waals surface area contributed by atoms with Crippen LogP contribution in [0.5, 0.6) is 0 Å². The molecule has 1 atom stereocenters. The number of benzene rings is 1. The summed E-state index contributed by atoms with van der Waals surface area (Å²) >= 11 is 0. The first-order valence-corrected chi connectivity index (χ1v) is 4.15. The fourth-order valence-electron chi connectivity index (χ4n) is 1.21. The SMILES string of the molecule is O=C1C=NC(c2ccc([N+](=O)[O-])cc2)O1. The molecule has 2 rings (SSSR count). The van der Waals surface area contributed by atoms with Crippen molar-refractivity contribution in [2.75, 3.05) is 0 Å². The predicted molar refractivity (Wildman–Crippen MR) is 50.4 cm³/mol. The van der Waals surface area contributed by atoms with E-state index in [1.807, 2.05) is 0 Å². The van der Waals surface area contributed by atoms with E-state index in [-0.39, 0.29) is 5.69 Å². The van der Waals surface area contributed by atoms with Gasteiger partial charge in [-0.15, -0.1) is 0 Å². The van der Waals surface area contributed by atoms with Crippen molar-refractivity contribution in [3.05, 3.63) is 39.9 Å². The van der Waals surface area contributed by atoms with Gasteiger partial charge in [-0.2, -0.15) is 0 Å². The van der Waals surface area contributed by atoms with Crippen LogP contribution in [0.4, 0.5) is 5.69 Å². The van der Waals surface area contributed by atoms with Crippen molar-refractivity contribution >= 4 is 17.9 Å². The van der Waals surface area contributed by atoms with E-state index in [2.05, 4.69) is 4.99 Å². The molecular weight excluding hydrogens is 200 g/mol. The normalized spacial score (nSPS) is 18.9. The molecule has 0 fully saturated rings. The molecule has 15 heavy (non-hydrogen) atoms. The topological polar surface area (TPSA) is 81.8 Å². The van der Waals surface area contributed by atoms with E-state index in [1.165, 1.54) is 24.3 Å². The minimum atomic E-state index is -0.668. The second kappa shape index (κ2) is 3.49. The van der Waals surface area contributed by atoms with Crippen LogP contribution in [0.25, 0.3) is 0 Å². The summed E-state index contributed by atoms with van der Waals surface area (Å²) in [6.45, 7) is 0. The van der Waals surface area contributed by atoms with Crippen LogP contribution in [0.1, 0.15) is 11.8 Å². The molecule has 0 aromatic heterocycles. The lowest BCUT2D eigenvalue weighted by Gasteiger charge is -2.06. The minimum Gasteiger partial charge on any atom is -0.431 e. The van der Waals surface area contributed by atoms with Gasteiger partial charge in [-0.25, -0.2) is 9.79 Å². The minimum absolute atomic E-state index is 0.00736. The maximum absolute atomic E-state index is 10.7. The maximum atomic E-state index is 10.7. The third-order valence-corrected chi connectivity index (χ3v) is 1.93. The number of cyclic esters (lactones) is 1. The van der Waals surface area contributed by atoms with Crippen molar-refractivity contribution in [1.29, 1.82) is 0 Å². The Hall–Kier alpha value is -2.24. The van der Waals surface area contributed by atoms with E-state index in [0.717, 1.165) is 6.21 Å². The molecule has 1 aliphatic rings. The highest BCUT2D eigenvalue weighted by Crippen LogP contribution is 2.23. The number of nitro groups is 1. The molecule has 1 aliphatic heterocycles. The molecule has 1 aromatic carbocycles. The van der Waals surface area contributed by atoms with Crippen LogP contribution in [0.3, 0.4) is 0 Å². The standard InChI is InChI=1S/C9H6N2O4/c12-8-5-10-9(15-8)6-1-3-7(4-2-6)11(13)14/h1-5,9H. The van der Waals surface area contributed by atoms with Gasteiger partial charge in [0.1, 0.15) is 6.21 Å². The zero-order valence-electron chi connectivity index (χ0n) is 7.49. The van der Waals surface area contributed by atoms with Gasteiger partial charge in [0.2, 0.25) is 6.23 Å². The van der Waals surface area contributed by atoms with Gasteiger partial charge in [0.05, 0.1) is 4.92 Å². The number of nitro benzene ring substituents is 1. The Morgan fingerprint density at radius 2 is 2.00 bits per heavy atom. The van der Waals surface area contributed by atoms with E-state index in [4.69, 9.17) is 4.74 Å². The molecule has 1 unspecified atom stereocenters. The second-order valence-electron chi connectivity index (χ2n) is 2.92. The summed E-state index contributed by atoms with van der Waals surface area (Å²) in [7, 11) is 0. The molecule has 1 aromatic rings. The number of esters is 1. The third-order valence-electron chi connectivity index (χ3n) is 1.93. The summed E-state index contributed by atoms with van der Waals surface area (Å²) < 4.78 is 4.82. The predicted octanol–water partition coefficient (Wildman–Crippen LogP) is 1.22. The Bertz CT molecular complexity index is 438. The lowest BCUT2D eigenvalue weighted by Crippen LogP contribution is -2.01. The molecule has 0 bridgehead atoms. The number of hydrogen-bond acceptors (Lipinski definition) is 5. The van der Waals surface area contributed by atoms with E-state index >= 15 is 0 Å². The van der Waals surface area contributed by atoms with Crippen LogP contribution in [-0.2, 0) is 9.53 Å². The zero-order chi connectivity index (χ0) is 10.8. The highest BCUT2D eigenvalue weighted by Gasteiger charge is 2.20. The van der Waals surface area contributed by atoms with Gasteiger partial charge in [-0.3, -0.25) is 10.1 Å². The highest BCUT2D eigenvalue weighted by molar-refractivity contribution is 6.24. The molecule has 0 amide bonds. The number of rotatable bonds is 2. The average molecular weight is 206 g/mol. The Morgan fingerprint density at radius 1 is 1.33 bits per heavy atom. The average Bonchev–Trinajstić information content (AvgIpc) is 2.65. The first kappa shape index (κ1) is 9.32. The van der Waals surface area contributed by atoms with Crippen LogP contribution in [-0.4, -0.2) is 17.1 Å². The molecule has 6 nitrogen and oxygen atoms in total. The van der Waals surface area contributed by atoms with Crippen LogP contribution in [0.2, 0.25) is 0 Å². The molecule has 0 radical (unpaired) electrons. The Morgan fingerprint density at radius 3 is 2.47 bits per heavy atom. The summed E-state index contributed by atoms with van der Waals surface area (Å²) in [5.74, 6) is -0.502. The van der Waals surface area contributed by atoms with Gasteiger partial charge < -0.3 is 4.74 Å². The number of carbonyl (C=O) groups is 1. The summed E-state index contributed by atoms with van der Waals surface area (Å²) in [5.41, 5.74) is 0.606. The smallest absolute Gasteiger partial charge is 0.351 e. The first-order valence-electron chi connectivity index (χ1n) is 4.15. The summed E-state index contributed by atoms with van der Waals surface area (Å²) in [4.78, 5) is 24.4. The molecular formula is C9H6N2O4. The van der Waals surface area contributed by atoms with Gasteiger partial charge in [0.25, 0.3) is 5.69 Å². The Balaban J connectivity index is 2.21. The second-order valence-corrected chi connectivity index (χ2v) is 2.92. The quantitative estimate of drug-likeness (QED) is 0.413. The fourth-order valence-corrected chi connectivity index (χ4v) is 1.21. The summed E-state index contributed by atoms with van der Waals surface area (Å²) in [6.07, 6.45) is 0.421. The fraction of sp³-hybridized carbons (Fsp3) is 0.111. The Labute approximate surface area is 84.3 Å². The van der Waals surface area contributed by atoms with Gasteiger partial charge in [-0.1, -0.05) is 0 Å². The van der Waals surface area contributed by atoms with Gasteiger partial charge >= 0.3 is 5.97 Å². The van der Waals surface area contributed by atoms with Gasteiger partial charge in [-0.05, 0) is 12.1 Å². The number of ether oxygens (including phenoxy) is 1. The highest BCUT2D eigenvalue weighted by atomic mass is 16.6. The maximum Gasteiger partial charge on any atom is 0.351 e. The van der Waals surface area contributed by atoms with Crippen molar-refractivity contribution in [2.24, 2.45) is 4.99 Å². The largest absolute Gasteiger partial charge is 0.431 e. The molecule has 0 spiro atoms. The monoisotopic (exact) mass is 206 g/mol. The van der Waals surface area contributed by atoms with Gasteiger partial charge in [0.15, 0.2) is 0 Å². The van der Waals surface area contributed by atoms with E-state index in [1.54, 1.807) is 0 Å². The van der Waals surface area contributed by atoms with Crippen LogP contribution < -0.4 is 0 Å². The van der Waals surface area contributed by atoms with E-state index < -0.39 is 17.1 Å². The van der Waals surface area contributed by atoms with Crippen molar-refractivity contribution in [3.8, 4) is 0 Å². The van der Waals surface area contributed by atoms with Crippen LogP contribution in [0.15, 0.2) is 29.3 Å². The molecule has 0 N–H and O–H groups in total. The lowest BCUT2D eigenvalue weighted by molar-refractivity contribution is -0.384. The summed E-state index contributed by atoms with van der Waals surface area (Å²) in [5, 5.41) is 10.4. The number of hydrogen-bond donors (Lipinski definition) is 0. The summed E-state index contributed by atoms with van der Waals surface area (Å²) in [6, 6.07) is 5.71. The van der Waals surface area contributed by atoms with Crippen molar-refractivity contribution in [3.63, 3.8) is 0 Å². The third kappa shape index (κ3) is 1.83. The molecule has 1 heterocycles. The Kier molecular flexibility index (Phi) is 2.17. The van der Waals surface area contributed by atoms with E-state index in [0.29, 0.717) is 5.56 Å². The van der Waals surface area contributed by atoms with Crippen LogP contribution in [0, 0.1) is 10.1 Å². The van der Waals surface area contributed by atoms with E-state index in [9.17, 15) is 14.9 Å². The first-order chi connectivity index (χ1) is 7.16. The number of carbonyl (C=O) groups excluding carboxylic acids is 1. The molecule has 0 saturated heterocycles. The molecule has 6 heteroatoms. The zero-order valence-corrected chi connectivity index (χ0v) is 7.49. The number of non-ortho nitro benzene ring substituents is 1. The molecule has 76 valence electrons. The lowest BCUT2D eigenvalue weighted by atomic mass is 10.2. The van der Waals surface area contributed by atoms with Crippen molar-refractivity contribution in [2.45, 2.75) is 6.23 Å². The van der Waals surface area contributed by atoms with Crippen molar-refractivity contribution in [1.82, 2.24) is 0 Å². The molecule has 0 aliphatic carbocycles. The number of nitrogens with zero attached hydrogens (tertiary/aromatic N) is 2. The van der Waals surface area contributed by atoms with Crippen LogP contribution >= 0.6 is 0 Å². The number of aliphatic imine (C=N–C) groups is 1. The van der Waals surface area contributed by atoms with Crippen molar-refractivity contribution < 1.29 is 14.5 Å². The molecule has 0 saturated carbocycles. The van der Waals surface area contributed by atoms with Gasteiger partial charge in [0, 0.05) is 17.7 Å².